The molecule has 3 rings (SSSR count). The molecule has 1 aliphatic carbocycles. The highest BCUT2D eigenvalue weighted by Crippen LogP contribution is 2.33. The molecule has 5 nitrogen and oxygen atoms in total. The van der Waals surface area contributed by atoms with Crippen molar-refractivity contribution in [2.24, 2.45) is 5.92 Å². The Bertz CT molecular complexity index is 438. The molecule has 2 N–H and O–H groups in total. The Morgan fingerprint density at radius 2 is 2.15 bits per heavy atom. The quantitative estimate of drug-likeness (QED) is 0.881. The van der Waals surface area contributed by atoms with Crippen LogP contribution < -0.4 is 10.6 Å². The molecule has 1 aromatic heterocycles. The van der Waals surface area contributed by atoms with Gasteiger partial charge in [-0.3, -0.25) is 9.48 Å². The molecular formula is C14H23ClN4O. The standard InChI is InChI=1S/C14H22N4O.ClH/c1-11(12-3-4-12)17-13(19)14(5-8-15-9-6-14)18-10-2-7-16-18;/h2,7,10-12,15H,3-6,8-9H2,1H3,(H,17,19);1H. The second-order valence-electron chi connectivity index (χ2n) is 5.83. The van der Waals surface area contributed by atoms with E-state index < -0.39 is 5.54 Å². The SMILES string of the molecule is CC(NC(=O)C1(n2cccn2)CCNCC1)C1CC1.Cl. The molecule has 2 heterocycles. The summed E-state index contributed by atoms with van der Waals surface area (Å²) >= 11 is 0. The molecule has 2 fully saturated rings. The van der Waals surface area contributed by atoms with Gasteiger partial charge in [0.05, 0.1) is 0 Å². The van der Waals surface area contributed by atoms with E-state index >= 15 is 0 Å². The zero-order chi connectivity index (χ0) is 13.3. The number of amides is 1. The molecule has 20 heavy (non-hydrogen) atoms. The van der Waals surface area contributed by atoms with Crippen LogP contribution in [0.5, 0.6) is 0 Å². The van der Waals surface area contributed by atoms with Gasteiger partial charge in [0.2, 0.25) is 5.91 Å². The molecule has 0 radical (unpaired) electrons. The number of carbonyl (C=O) groups is 1. The summed E-state index contributed by atoms with van der Waals surface area (Å²) in [4.78, 5) is 12.8. The Labute approximate surface area is 125 Å². The fourth-order valence-corrected chi connectivity index (χ4v) is 2.98. The number of carbonyl (C=O) groups excluding carboxylic acids is 1. The van der Waals surface area contributed by atoms with E-state index in [2.05, 4.69) is 22.7 Å². The van der Waals surface area contributed by atoms with Gasteiger partial charge in [-0.15, -0.1) is 12.4 Å². The summed E-state index contributed by atoms with van der Waals surface area (Å²) in [5, 5.41) is 10.9. The minimum absolute atomic E-state index is 0. The van der Waals surface area contributed by atoms with E-state index in [9.17, 15) is 4.79 Å². The lowest BCUT2D eigenvalue weighted by Crippen LogP contribution is -2.56. The van der Waals surface area contributed by atoms with Crippen molar-refractivity contribution in [3.8, 4) is 0 Å². The lowest BCUT2D eigenvalue weighted by atomic mass is 9.87. The monoisotopic (exact) mass is 298 g/mol. The van der Waals surface area contributed by atoms with E-state index in [-0.39, 0.29) is 24.4 Å². The molecule has 0 spiro atoms. The molecule has 0 bridgehead atoms. The average Bonchev–Trinajstić information content (AvgIpc) is 3.14. The van der Waals surface area contributed by atoms with Crippen molar-refractivity contribution in [1.29, 1.82) is 0 Å². The Morgan fingerprint density at radius 3 is 2.70 bits per heavy atom. The number of rotatable bonds is 4. The molecule has 1 atom stereocenters. The van der Waals surface area contributed by atoms with Crippen molar-refractivity contribution in [2.45, 2.75) is 44.2 Å². The molecule has 1 aromatic rings. The first-order valence-electron chi connectivity index (χ1n) is 7.24. The van der Waals surface area contributed by atoms with Crippen LogP contribution in [0.15, 0.2) is 18.5 Å². The maximum absolute atomic E-state index is 12.8. The first kappa shape index (κ1) is 15.3. The summed E-state index contributed by atoms with van der Waals surface area (Å²) in [6.07, 6.45) is 7.76. The molecular weight excluding hydrogens is 276 g/mol. The van der Waals surface area contributed by atoms with Gasteiger partial charge in [0.1, 0.15) is 5.54 Å². The fraction of sp³-hybridized carbons (Fsp3) is 0.714. The number of hydrogen-bond acceptors (Lipinski definition) is 3. The summed E-state index contributed by atoms with van der Waals surface area (Å²) < 4.78 is 1.85. The number of nitrogens with zero attached hydrogens (tertiary/aromatic N) is 2. The van der Waals surface area contributed by atoms with E-state index in [4.69, 9.17) is 0 Å². The number of hydrogen-bond donors (Lipinski definition) is 2. The highest BCUT2D eigenvalue weighted by Gasteiger charge is 2.43. The molecule has 1 saturated carbocycles. The molecule has 1 amide bonds. The van der Waals surface area contributed by atoms with Gasteiger partial charge in [0.25, 0.3) is 0 Å². The normalized spacial score (nSPS) is 22.6. The zero-order valence-corrected chi connectivity index (χ0v) is 12.7. The summed E-state index contributed by atoms with van der Waals surface area (Å²) in [5.41, 5.74) is -0.502. The summed E-state index contributed by atoms with van der Waals surface area (Å²) in [6, 6.07) is 2.18. The third-order valence-corrected chi connectivity index (χ3v) is 4.48. The number of aromatic nitrogens is 2. The maximum atomic E-state index is 12.8. The topological polar surface area (TPSA) is 59.0 Å². The Hall–Kier alpha value is -1.07. The zero-order valence-electron chi connectivity index (χ0n) is 11.8. The highest BCUT2D eigenvalue weighted by molar-refractivity contribution is 5.85. The van der Waals surface area contributed by atoms with Gasteiger partial charge in [0, 0.05) is 18.4 Å². The van der Waals surface area contributed by atoms with E-state index in [1.807, 2.05) is 16.9 Å². The Morgan fingerprint density at radius 1 is 1.45 bits per heavy atom. The third kappa shape index (κ3) is 2.83. The van der Waals surface area contributed by atoms with Gasteiger partial charge in [-0.1, -0.05) is 0 Å². The van der Waals surface area contributed by atoms with E-state index in [0.717, 1.165) is 25.9 Å². The van der Waals surface area contributed by atoms with Crippen LogP contribution in [0, 0.1) is 5.92 Å². The third-order valence-electron chi connectivity index (χ3n) is 4.48. The molecule has 1 unspecified atom stereocenters. The Balaban J connectivity index is 0.00000147. The van der Waals surface area contributed by atoms with Gasteiger partial charge in [0.15, 0.2) is 0 Å². The molecule has 6 heteroatoms. The van der Waals surface area contributed by atoms with Crippen LogP contribution in [0.3, 0.4) is 0 Å². The molecule has 2 aliphatic rings. The van der Waals surface area contributed by atoms with Crippen LogP contribution in [0.1, 0.15) is 32.6 Å². The fourth-order valence-electron chi connectivity index (χ4n) is 2.98. The van der Waals surface area contributed by atoms with Crippen molar-refractivity contribution in [3.63, 3.8) is 0 Å². The molecule has 1 saturated heterocycles. The van der Waals surface area contributed by atoms with Crippen LogP contribution >= 0.6 is 12.4 Å². The van der Waals surface area contributed by atoms with E-state index in [1.54, 1.807) is 6.20 Å². The van der Waals surface area contributed by atoms with E-state index in [1.165, 1.54) is 12.8 Å². The summed E-state index contributed by atoms with van der Waals surface area (Å²) in [5.74, 6) is 0.817. The second-order valence-corrected chi connectivity index (χ2v) is 5.83. The van der Waals surface area contributed by atoms with E-state index in [0.29, 0.717) is 5.92 Å². The number of nitrogens with one attached hydrogen (secondary N) is 2. The van der Waals surface area contributed by atoms with Crippen LogP contribution in [0.25, 0.3) is 0 Å². The van der Waals surface area contributed by atoms with Crippen LogP contribution in [0.4, 0.5) is 0 Å². The predicted molar refractivity (Wildman–Crippen MR) is 79.9 cm³/mol. The number of piperidine rings is 1. The van der Waals surface area contributed by atoms with Gasteiger partial charge in [-0.05, 0) is 57.7 Å². The van der Waals surface area contributed by atoms with Crippen molar-refractivity contribution >= 4 is 18.3 Å². The molecule has 1 aliphatic heterocycles. The Kier molecular flexibility index (Phi) is 4.70. The number of halogens is 1. The van der Waals surface area contributed by atoms with Gasteiger partial charge < -0.3 is 10.6 Å². The van der Waals surface area contributed by atoms with Crippen LogP contribution in [-0.2, 0) is 10.3 Å². The second kappa shape index (κ2) is 6.14. The predicted octanol–water partition coefficient (Wildman–Crippen LogP) is 1.30. The minimum Gasteiger partial charge on any atom is -0.351 e. The van der Waals surface area contributed by atoms with Crippen LogP contribution in [-0.4, -0.2) is 34.8 Å². The van der Waals surface area contributed by atoms with Gasteiger partial charge >= 0.3 is 0 Å². The van der Waals surface area contributed by atoms with Crippen LogP contribution in [0.2, 0.25) is 0 Å². The average molecular weight is 299 g/mol. The van der Waals surface area contributed by atoms with Crippen molar-refractivity contribution < 1.29 is 4.79 Å². The largest absolute Gasteiger partial charge is 0.351 e. The van der Waals surface area contributed by atoms with Crippen molar-refractivity contribution in [1.82, 2.24) is 20.4 Å². The molecule has 0 aromatic carbocycles. The lowest BCUT2D eigenvalue weighted by molar-refractivity contribution is -0.132. The first-order chi connectivity index (χ1) is 9.22. The van der Waals surface area contributed by atoms with Gasteiger partial charge in [-0.25, -0.2) is 0 Å². The van der Waals surface area contributed by atoms with Gasteiger partial charge in [-0.2, -0.15) is 5.10 Å². The maximum Gasteiger partial charge on any atom is 0.248 e. The van der Waals surface area contributed by atoms with Crippen molar-refractivity contribution in [3.05, 3.63) is 18.5 Å². The highest BCUT2D eigenvalue weighted by atomic mass is 35.5. The minimum atomic E-state index is -0.502. The summed E-state index contributed by atoms with van der Waals surface area (Å²) in [6.45, 7) is 3.85. The summed E-state index contributed by atoms with van der Waals surface area (Å²) in [7, 11) is 0. The molecule has 112 valence electrons. The lowest BCUT2D eigenvalue weighted by Gasteiger charge is -2.37. The smallest absolute Gasteiger partial charge is 0.248 e. The first-order valence-corrected chi connectivity index (χ1v) is 7.24. The van der Waals surface area contributed by atoms with Crippen molar-refractivity contribution in [2.75, 3.05) is 13.1 Å².